The Morgan fingerprint density at radius 1 is 1.40 bits per heavy atom. The Morgan fingerprint density at radius 2 is 1.93 bits per heavy atom. The summed E-state index contributed by atoms with van der Waals surface area (Å²) < 4.78 is 0. The van der Waals surface area contributed by atoms with Crippen molar-refractivity contribution in [3.05, 3.63) is 12.3 Å². The molecule has 5 nitrogen and oxygen atoms in total. The van der Waals surface area contributed by atoms with E-state index in [1.165, 1.54) is 6.20 Å². The van der Waals surface area contributed by atoms with Gasteiger partial charge in [-0.1, -0.05) is 0 Å². The fourth-order valence-corrected chi connectivity index (χ4v) is 1.14. The van der Waals surface area contributed by atoms with Gasteiger partial charge in [-0.05, 0) is 20.8 Å². The summed E-state index contributed by atoms with van der Waals surface area (Å²) in [5.74, 6) is -1.07. The van der Waals surface area contributed by atoms with Crippen LogP contribution in [0.3, 0.4) is 0 Å². The van der Waals surface area contributed by atoms with Crippen LogP contribution in [0.1, 0.15) is 20.8 Å². The van der Waals surface area contributed by atoms with Crippen LogP contribution in [0, 0.1) is 0 Å². The quantitative estimate of drug-likeness (QED) is 0.629. The number of carbonyl (C=O) groups excluding carboxylic acids is 1. The van der Waals surface area contributed by atoms with E-state index in [4.69, 9.17) is 5.11 Å². The number of hydrogen-bond donors (Lipinski definition) is 2. The van der Waals surface area contributed by atoms with E-state index < -0.39 is 12.0 Å². The van der Waals surface area contributed by atoms with Crippen LogP contribution in [0.4, 0.5) is 0 Å². The summed E-state index contributed by atoms with van der Waals surface area (Å²) in [6, 6.07) is -0.402. The molecule has 0 rings (SSSR count). The van der Waals surface area contributed by atoms with Gasteiger partial charge in [0.2, 0.25) is 5.91 Å². The number of nitrogens with one attached hydrogen (secondary N) is 1. The highest BCUT2D eigenvalue weighted by Gasteiger charge is 2.16. The molecule has 1 amide bonds. The van der Waals surface area contributed by atoms with Gasteiger partial charge in [-0.3, -0.25) is 4.79 Å². The van der Waals surface area contributed by atoms with Crippen molar-refractivity contribution in [2.24, 2.45) is 0 Å². The van der Waals surface area contributed by atoms with Crippen LogP contribution in [0.5, 0.6) is 0 Å². The predicted molar refractivity (Wildman–Crippen MR) is 57.3 cm³/mol. The van der Waals surface area contributed by atoms with Crippen LogP contribution >= 0.6 is 0 Å². The molecule has 15 heavy (non-hydrogen) atoms. The predicted octanol–water partition coefficient (Wildman–Crippen LogP) is 0.431. The van der Waals surface area contributed by atoms with E-state index >= 15 is 0 Å². The van der Waals surface area contributed by atoms with Gasteiger partial charge < -0.3 is 15.3 Å². The molecule has 2 N–H and O–H groups in total. The lowest BCUT2D eigenvalue weighted by atomic mass is 10.3. The van der Waals surface area contributed by atoms with Gasteiger partial charge in [0.15, 0.2) is 0 Å². The average Bonchev–Trinajstić information content (AvgIpc) is 2.18. The van der Waals surface area contributed by atoms with Gasteiger partial charge in [-0.15, -0.1) is 0 Å². The summed E-state index contributed by atoms with van der Waals surface area (Å²) >= 11 is 0. The Bertz CT molecular complexity index is 247. The van der Waals surface area contributed by atoms with Gasteiger partial charge in [0.1, 0.15) is 6.04 Å². The van der Waals surface area contributed by atoms with Crippen LogP contribution in [0.15, 0.2) is 12.3 Å². The molecule has 0 aromatic carbocycles. The molecule has 0 fully saturated rings. The lowest BCUT2D eigenvalue weighted by Crippen LogP contribution is -2.43. The number of likely N-dealkylation sites (N-methyl/N-ethyl adjacent to an activating group) is 1. The van der Waals surface area contributed by atoms with Crippen LogP contribution < -0.4 is 5.32 Å². The van der Waals surface area contributed by atoms with Crippen LogP contribution in [0.2, 0.25) is 0 Å². The summed E-state index contributed by atoms with van der Waals surface area (Å²) in [6.45, 7) is 6.82. The van der Waals surface area contributed by atoms with Crippen LogP contribution in [-0.2, 0) is 9.59 Å². The number of carbonyl (C=O) groups is 2. The highest BCUT2D eigenvalue weighted by atomic mass is 16.4. The normalized spacial score (nSPS) is 12.5. The highest BCUT2D eigenvalue weighted by molar-refractivity contribution is 5.82. The van der Waals surface area contributed by atoms with Crippen molar-refractivity contribution in [1.82, 2.24) is 10.2 Å². The maximum atomic E-state index is 11.7. The third kappa shape index (κ3) is 5.05. The summed E-state index contributed by atoms with van der Waals surface area (Å²) in [7, 11) is 0. The molecule has 0 radical (unpaired) electrons. The second-order valence-electron chi connectivity index (χ2n) is 3.07. The van der Waals surface area contributed by atoms with Crippen molar-refractivity contribution in [3.8, 4) is 0 Å². The first kappa shape index (κ1) is 13.5. The van der Waals surface area contributed by atoms with E-state index in [2.05, 4.69) is 5.32 Å². The van der Waals surface area contributed by atoms with Gasteiger partial charge in [0, 0.05) is 25.4 Å². The lowest BCUT2D eigenvalue weighted by molar-refractivity contribution is -0.133. The van der Waals surface area contributed by atoms with Crippen molar-refractivity contribution >= 4 is 11.9 Å². The number of rotatable bonds is 6. The monoisotopic (exact) mass is 214 g/mol. The second kappa shape index (κ2) is 6.86. The largest absolute Gasteiger partial charge is 0.478 e. The molecule has 0 aliphatic rings. The number of carboxylic acid groups (broad SMARTS) is 1. The highest BCUT2D eigenvalue weighted by Crippen LogP contribution is 1.94. The molecule has 0 aliphatic heterocycles. The molecular weight excluding hydrogens is 196 g/mol. The van der Waals surface area contributed by atoms with Gasteiger partial charge >= 0.3 is 5.97 Å². The van der Waals surface area contributed by atoms with Crippen molar-refractivity contribution in [1.29, 1.82) is 0 Å². The van der Waals surface area contributed by atoms with Gasteiger partial charge in [-0.25, -0.2) is 4.79 Å². The summed E-state index contributed by atoms with van der Waals surface area (Å²) in [5.41, 5.74) is 0. The maximum Gasteiger partial charge on any atom is 0.329 e. The minimum Gasteiger partial charge on any atom is -0.478 e. The van der Waals surface area contributed by atoms with E-state index in [0.29, 0.717) is 13.1 Å². The molecule has 0 aromatic rings. The van der Waals surface area contributed by atoms with E-state index in [1.54, 1.807) is 11.8 Å². The molecule has 0 heterocycles. The molecule has 0 aromatic heterocycles. The number of hydrogen-bond acceptors (Lipinski definition) is 3. The van der Waals surface area contributed by atoms with E-state index in [0.717, 1.165) is 6.08 Å². The van der Waals surface area contributed by atoms with Gasteiger partial charge in [-0.2, -0.15) is 0 Å². The standard InChI is InChI=1S/C10H18N2O3/c1-4-12(5-2)10(15)8(3)11-7-6-9(13)14/h6-8,11H,4-5H2,1-3H3,(H,13,14)/b7-6+. The van der Waals surface area contributed by atoms with E-state index in [1.807, 2.05) is 13.8 Å². The summed E-state index contributed by atoms with van der Waals surface area (Å²) in [6.07, 6.45) is 2.24. The first-order valence-electron chi connectivity index (χ1n) is 4.97. The fraction of sp³-hybridized carbons (Fsp3) is 0.600. The molecule has 0 aliphatic carbocycles. The molecule has 0 saturated carbocycles. The third-order valence-electron chi connectivity index (χ3n) is 2.02. The Balaban J connectivity index is 4.14. The number of nitrogens with zero attached hydrogens (tertiary/aromatic N) is 1. The zero-order valence-electron chi connectivity index (χ0n) is 9.36. The van der Waals surface area contributed by atoms with Crippen molar-refractivity contribution in [2.75, 3.05) is 13.1 Å². The number of aliphatic carboxylic acids is 1. The SMILES string of the molecule is CCN(CC)C(=O)C(C)N/C=C/C(=O)O. The van der Waals surface area contributed by atoms with Gasteiger partial charge in [0.25, 0.3) is 0 Å². The average molecular weight is 214 g/mol. The maximum absolute atomic E-state index is 11.7. The van der Waals surface area contributed by atoms with Crippen molar-refractivity contribution < 1.29 is 14.7 Å². The molecule has 0 bridgehead atoms. The van der Waals surface area contributed by atoms with Crippen molar-refractivity contribution in [3.63, 3.8) is 0 Å². The minimum absolute atomic E-state index is 0.0324. The number of carboxylic acids is 1. The molecular formula is C10H18N2O3. The first-order valence-corrected chi connectivity index (χ1v) is 4.97. The fourth-order valence-electron chi connectivity index (χ4n) is 1.14. The Morgan fingerprint density at radius 3 is 2.33 bits per heavy atom. The molecule has 5 heteroatoms. The minimum atomic E-state index is -1.04. The summed E-state index contributed by atoms with van der Waals surface area (Å²) in [4.78, 5) is 23.5. The van der Waals surface area contributed by atoms with Crippen LogP contribution in [0.25, 0.3) is 0 Å². The van der Waals surface area contributed by atoms with E-state index in [9.17, 15) is 9.59 Å². The second-order valence-corrected chi connectivity index (χ2v) is 3.07. The number of amides is 1. The molecule has 0 saturated heterocycles. The topological polar surface area (TPSA) is 69.6 Å². The van der Waals surface area contributed by atoms with Crippen LogP contribution in [-0.4, -0.2) is 41.0 Å². The van der Waals surface area contributed by atoms with Gasteiger partial charge in [0.05, 0.1) is 0 Å². The Hall–Kier alpha value is -1.52. The molecule has 0 spiro atoms. The molecule has 1 atom stereocenters. The van der Waals surface area contributed by atoms with Crippen molar-refractivity contribution in [2.45, 2.75) is 26.8 Å². The Kier molecular flexibility index (Phi) is 6.17. The molecule has 1 unspecified atom stereocenters. The lowest BCUT2D eigenvalue weighted by Gasteiger charge is -2.22. The first-order chi connectivity index (χ1) is 7.02. The third-order valence-corrected chi connectivity index (χ3v) is 2.02. The summed E-state index contributed by atoms with van der Waals surface area (Å²) in [5, 5.41) is 11.1. The Labute approximate surface area is 89.8 Å². The smallest absolute Gasteiger partial charge is 0.329 e. The zero-order valence-corrected chi connectivity index (χ0v) is 9.36. The zero-order chi connectivity index (χ0) is 11.8. The molecule has 86 valence electrons. The van der Waals surface area contributed by atoms with E-state index in [-0.39, 0.29) is 5.91 Å².